The van der Waals surface area contributed by atoms with Crippen molar-refractivity contribution >= 4 is 22.9 Å². The highest BCUT2D eigenvalue weighted by molar-refractivity contribution is 7.12. The maximum Gasteiger partial charge on any atom is 0.416 e. The molecule has 1 heterocycles. The Morgan fingerprint density at radius 1 is 1.07 bits per heavy atom. The lowest BCUT2D eigenvalue weighted by molar-refractivity contribution is -0.137. The van der Waals surface area contributed by atoms with Crippen LogP contribution >= 0.6 is 11.3 Å². The van der Waals surface area contributed by atoms with Crippen LogP contribution in [0.2, 0.25) is 0 Å². The zero-order chi connectivity index (χ0) is 20.1. The largest absolute Gasteiger partial charge is 0.497 e. The Balaban J connectivity index is 1.59. The Morgan fingerprint density at radius 3 is 2.46 bits per heavy atom. The first-order valence-electron chi connectivity index (χ1n) is 8.18. The number of thiophene rings is 1. The highest BCUT2D eigenvalue weighted by atomic mass is 32.1. The Hall–Kier alpha value is -3.00. The van der Waals surface area contributed by atoms with Gasteiger partial charge in [-0.25, -0.2) is 0 Å². The van der Waals surface area contributed by atoms with E-state index in [0.717, 1.165) is 17.7 Å². The number of halogens is 3. The Bertz CT molecular complexity index is 952. The molecule has 0 atom stereocenters. The van der Waals surface area contributed by atoms with Crippen molar-refractivity contribution in [1.82, 2.24) is 0 Å². The first-order chi connectivity index (χ1) is 13.3. The van der Waals surface area contributed by atoms with E-state index < -0.39 is 17.6 Å². The van der Waals surface area contributed by atoms with Gasteiger partial charge in [-0.1, -0.05) is 6.07 Å². The molecule has 0 fully saturated rings. The molecule has 0 aliphatic heterocycles. The molecule has 1 aromatic heterocycles. The summed E-state index contributed by atoms with van der Waals surface area (Å²) in [5.74, 6) is 0.929. The van der Waals surface area contributed by atoms with Crippen molar-refractivity contribution in [2.24, 2.45) is 0 Å². The van der Waals surface area contributed by atoms with E-state index >= 15 is 0 Å². The highest BCUT2D eigenvalue weighted by Gasteiger charge is 2.30. The Labute approximate surface area is 163 Å². The number of anilines is 1. The standard InChI is InChI=1S/C20H16F3NO3S/c1-26-16-3-2-4-17(10-16)27-11-13-9-18(28-12-13)19(25)24-15-7-5-14(6-8-15)20(21,22)23/h2-10,12H,11H2,1H3,(H,24,25). The minimum atomic E-state index is -4.41. The van der Waals surface area contributed by atoms with Crippen molar-refractivity contribution in [2.45, 2.75) is 12.8 Å². The quantitative estimate of drug-likeness (QED) is 0.578. The molecule has 146 valence electrons. The molecule has 4 nitrogen and oxygen atoms in total. The third-order valence-electron chi connectivity index (χ3n) is 3.79. The highest BCUT2D eigenvalue weighted by Crippen LogP contribution is 2.30. The summed E-state index contributed by atoms with van der Waals surface area (Å²) in [4.78, 5) is 12.7. The predicted molar refractivity (Wildman–Crippen MR) is 101 cm³/mol. The van der Waals surface area contributed by atoms with Crippen molar-refractivity contribution in [3.8, 4) is 11.5 Å². The summed E-state index contributed by atoms with van der Waals surface area (Å²) in [5, 5.41) is 4.38. The lowest BCUT2D eigenvalue weighted by Gasteiger charge is -2.08. The average molecular weight is 407 g/mol. The van der Waals surface area contributed by atoms with Gasteiger partial charge in [0.15, 0.2) is 0 Å². The maximum atomic E-state index is 12.6. The zero-order valence-corrected chi connectivity index (χ0v) is 15.6. The van der Waals surface area contributed by atoms with Gasteiger partial charge in [-0.15, -0.1) is 11.3 Å². The smallest absolute Gasteiger partial charge is 0.416 e. The van der Waals surface area contributed by atoms with Crippen LogP contribution in [-0.2, 0) is 12.8 Å². The average Bonchev–Trinajstić information content (AvgIpc) is 3.15. The molecular formula is C20H16F3NO3S. The molecule has 0 aliphatic carbocycles. The predicted octanol–water partition coefficient (Wildman–Crippen LogP) is 5.61. The summed E-state index contributed by atoms with van der Waals surface area (Å²) >= 11 is 1.23. The van der Waals surface area contributed by atoms with Gasteiger partial charge in [-0.3, -0.25) is 4.79 Å². The van der Waals surface area contributed by atoms with Crippen LogP contribution < -0.4 is 14.8 Å². The molecule has 1 amide bonds. The van der Waals surface area contributed by atoms with E-state index in [0.29, 0.717) is 22.1 Å². The van der Waals surface area contributed by atoms with E-state index in [9.17, 15) is 18.0 Å². The summed E-state index contributed by atoms with van der Waals surface area (Å²) in [5.41, 5.74) is 0.338. The van der Waals surface area contributed by atoms with E-state index in [2.05, 4.69) is 5.32 Å². The van der Waals surface area contributed by atoms with Crippen LogP contribution in [-0.4, -0.2) is 13.0 Å². The summed E-state index contributed by atoms with van der Waals surface area (Å²) in [6.07, 6.45) is -4.41. The molecule has 0 aliphatic rings. The van der Waals surface area contributed by atoms with E-state index in [-0.39, 0.29) is 6.61 Å². The number of methoxy groups -OCH3 is 1. The molecular weight excluding hydrogens is 391 g/mol. The van der Waals surface area contributed by atoms with Crippen LogP contribution in [0.15, 0.2) is 60.0 Å². The second kappa shape index (κ2) is 8.35. The number of nitrogens with one attached hydrogen (secondary N) is 1. The molecule has 28 heavy (non-hydrogen) atoms. The third kappa shape index (κ3) is 5.04. The fourth-order valence-electron chi connectivity index (χ4n) is 2.36. The normalized spacial score (nSPS) is 11.1. The second-order valence-electron chi connectivity index (χ2n) is 5.82. The van der Waals surface area contributed by atoms with Gasteiger partial charge < -0.3 is 14.8 Å². The van der Waals surface area contributed by atoms with Crippen molar-refractivity contribution < 1.29 is 27.4 Å². The van der Waals surface area contributed by atoms with Crippen molar-refractivity contribution in [2.75, 3.05) is 12.4 Å². The van der Waals surface area contributed by atoms with Crippen LogP contribution in [0.1, 0.15) is 20.8 Å². The molecule has 3 rings (SSSR count). The first kappa shape index (κ1) is 19.8. The van der Waals surface area contributed by atoms with Crippen LogP contribution in [0, 0.1) is 0 Å². The molecule has 2 aromatic carbocycles. The van der Waals surface area contributed by atoms with Gasteiger partial charge in [0, 0.05) is 17.3 Å². The lowest BCUT2D eigenvalue weighted by atomic mass is 10.2. The van der Waals surface area contributed by atoms with E-state index in [1.54, 1.807) is 36.8 Å². The van der Waals surface area contributed by atoms with Gasteiger partial charge in [0.1, 0.15) is 18.1 Å². The molecule has 8 heteroatoms. The van der Waals surface area contributed by atoms with E-state index in [1.807, 2.05) is 6.07 Å². The number of ether oxygens (including phenoxy) is 2. The van der Waals surface area contributed by atoms with E-state index in [4.69, 9.17) is 9.47 Å². The SMILES string of the molecule is COc1cccc(OCc2csc(C(=O)Nc3ccc(C(F)(F)F)cc3)c2)c1. The fraction of sp³-hybridized carbons (Fsp3) is 0.150. The number of carbonyl (C=O) groups excluding carboxylic acids is 1. The van der Waals surface area contributed by atoms with Crippen molar-refractivity contribution in [3.05, 3.63) is 76.0 Å². The van der Waals surface area contributed by atoms with Gasteiger partial charge in [0.25, 0.3) is 5.91 Å². The van der Waals surface area contributed by atoms with E-state index in [1.165, 1.54) is 23.5 Å². The van der Waals surface area contributed by atoms with Crippen LogP contribution in [0.4, 0.5) is 18.9 Å². The third-order valence-corrected chi connectivity index (χ3v) is 4.77. The summed E-state index contributed by atoms with van der Waals surface area (Å²) < 4.78 is 48.6. The zero-order valence-electron chi connectivity index (χ0n) is 14.7. The molecule has 0 saturated heterocycles. The van der Waals surface area contributed by atoms with Crippen molar-refractivity contribution in [1.29, 1.82) is 0 Å². The van der Waals surface area contributed by atoms with Gasteiger partial charge in [0.05, 0.1) is 17.6 Å². The number of benzene rings is 2. The van der Waals surface area contributed by atoms with Gasteiger partial charge in [-0.2, -0.15) is 13.2 Å². The number of rotatable bonds is 6. The molecule has 0 saturated carbocycles. The molecule has 1 N–H and O–H groups in total. The summed E-state index contributed by atoms with van der Waals surface area (Å²) in [6, 6.07) is 13.2. The Morgan fingerprint density at radius 2 is 1.79 bits per heavy atom. The molecule has 0 spiro atoms. The Kier molecular flexibility index (Phi) is 5.89. The second-order valence-corrected chi connectivity index (χ2v) is 6.73. The van der Waals surface area contributed by atoms with Gasteiger partial charge in [0.2, 0.25) is 0 Å². The van der Waals surface area contributed by atoms with Crippen molar-refractivity contribution in [3.63, 3.8) is 0 Å². The number of amides is 1. The molecule has 0 bridgehead atoms. The number of hydrogen-bond donors (Lipinski definition) is 1. The lowest BCUT2D eigenvalue weighted by Crippen LogP contribution is -2.11. The molecule has 0 unspecified atom stereocenters. The number of alkyl halides is 3. The minimum absolute atomic E-state index is 0.275. The molecule has 0 radical (unpaired) electrons. The monoisotopic (exact) mass is 407 g/mol. The molecule has 3 aromatic rings. The number of hydrogen-bond acceptors (Lipinski definition) is 4. The maximum absolute atomic E-state index is 12.6. The summed E-state index contributed by atoms with van der Waals surface area (Å²) in [6.45, 7) is 0.275. The minimum Gasteiger partial charge on any atom is -0.497 e. The summed E-state index contributed by atoms with van der Waals surface area (Å²) in [7, 11) is 1.57. The number of carbonyl (C=O) groups is 1. The van der Waals surface area contributed by atoms with Crippen LogP contribution in [0.25, 0.3) is 0 Å². The topological polar surface area (TPSA) is 47.6 Å². The van der Waals surface area contributed by atoms with Gasteiger partial charge in [-0.05, 0) is 47.8 Å². The first-order valence-corrected chi connectivity index (χ1v) is 9.06. The van der Waals surface area contributed by atoms with Crippen LogP contribution in [0.3, 0.4) is 0 Å². The fourth-order valence-corrected chi connectivity index (χ4v) is 3.16. The van der Waals surface area contributed by atoms with Gasteiger partial charge >= 0.3 is 6.18 Å². The van der Waals surface area contributed by atoms with Crippen LogP contribution in [0.5, 0.6) is 11.5 Å².